The molecule has 1 unspecified atom stereocenters. The monoisotopic (exact) mass is 346 g/mol. The van der Waals surface area contributed by atoms with Gasteiger partial charge in [0, 0.05) is 5.92 Å². The Bertz CT molecular complexity index is 846. The quantitative estimate of drug-likeness (QED) is 0.743. The third-order valence-corrected chi connectivity index (χ3v) is 5.08. The summed E-state index contributed by atoms with van der Waals surface area (Å²) < 4.78 is 5.40. The minimum absolute atomic E-state index is 0.0174. The minimum Gasteiger partial charge on any atom is -0.504 e. The third kappa shape index (κ3) is 3.43. The Kier molecular flexibility index (Phi) is 4.61. The van der Waals surface area contributed by atoms with Crippen LogP contribution >= 0.6 is 0 Å². The van der Waals surface area contributed by atoms with Gasteiger partial charge in [0.25, 0.3) is 0 Å². The molecule has 0 bridgehead atoms. The van der Waals surface area contributed by atoms with Gasteiger partial charge in [-0.15, -0.1) is 0 Å². The lowest BCUT2D eigenvalue weighted by atomic mass is 9.86. The van der Waals surface area contributed by atoms with Crippen molar-refractivity contribution in [3.05, 3.63) is 95.0 Å². The standard InChI is InChI=1S/C23H22O3/c24-22-19(13-7-10-16-8-3-1-4-9-16)26-23(25)21(22)20(18-14-15-18)17-11-5-2-6-12-17/h1-6,8-9,11-13,18,20,24H,7,10,14-15H2/b19-13+. The Labute approximate surface area is 153 Å². The SMILES string of the molecule is O=C1O/C(=C/CCc2ccccc2)C(O)=C1C(c1ccccc1)C1CC1. The topological polar surface area (TPSA) is 46.5 Å². The molecule has 1 fully saturated rings. The molecule has 0 saturated heterocycles. The number of benzene rings is 2. The average Bonchev–Trinajstić information content (AvgIpc) is 3.46. The van der Waals surface area contributed by atoms with Crippen LogP contribution in [-0.4, -0.2) is 11.1 Å². The van der Waals surface area contributed by atoms with Crippen LogP contribution in [0.5, 0.6) is 0 Å². The van der Waals surface area contributed by atoms with Crippen LogP contribution in [0.15, 0.2) is 83.8 Å². The number of aliphatic hydroxyl groups is 1. The molecule has 2 aliphatic rings. The zero-order valence-corrected chi connectivity index (χ0v) is 14.6. The summed E-state index contributed by atoms with van der Waals surface area (Å²) in [5.41, 5.74) is 2.71. The lowest BCUT2D eigenvalue weighted by Crippen LogP contribution is -2.12. The van der Waals surface area contributed by atoms with Gasteiger partial charge in [0.2, 0.25) is 0 Å². The fourth-order valence-electron chi connectivity index (χ4n) is 3.62. The van der Waals surface area contributed by atoms with E-state index < -0.39 is 5.97 Å². The van der Waals surface area contributed by atoms with E-state index in [1.54, 1.807) is 0 Å². The number of ether oxygens (including phenoxy) is 1. The first-order valence-corrected chi connectivity index (χ1v) is 9.19. The van der Waals surface area contributed by atoms with Gasteiger partial charge in [0.15, 0.2) is 11.5 Å². The van der Waals surface area contributed by atoms with E-state index in [0.717, 1.165) is 24.8 Å². The van der Waals surface area contributed by atoms with Gasteiger partial charge >= 0.3 is 5.97 Å². The predicted octanol–water partition coefficient (Wildman–Crippen LogP) is 5.07. The van der Waals surface area contributed by atoms with Gasteiger partial charge in [-0.2, -0.15) is 0 Å². The summed E-state index contributed by atoms with van der Waals surface area (Å²) >= 11 is 0. The van der Waals surface area contributed by atoms with Crippen LogP contribution in [0.3, 0.4) is 0 Å². The Morgan fingerprint density at radius 2 is 1.69 bits per heavy atom. The molecule has 0 spiro atoms. The summed E-state index contributed by atoms with van der Waals surface area (Å²) in [7, 11) is 0. The molecule has 0 radical (unpaired) electrons. The van der Waals surface area contributed by atoms with Crippen molar-refractivity contribution < 1.29 is 14.6 Å². The molecule has 2 aromatic rings. The van der Waals surface area contributed by atoms with Gasteiger partial charge in [0.1, 0.15) is 0 Å². The van der Waals surface area contributed by atoms with Crippen molar-refractivity contribution >= 4 is 5.97 Å². The van der Waals surface area contributed by atoms with Crippen LogP contribution < -0.4 is 0 Å². The molecule has 2 aromatic carbocycles. The van der Waals surface area contributed by atoms with Crippen LogP contribution in [0.4, 0.5) is 0 Å². The summed E-state index contributed by atoms with van der Waals surface area (Å²) in [5.74, 6) is 0.245. The molecule has 26 heavy (non-hydrogen) atoms. The third-order valence-electron chi connectivity index (χ3n) is 5.08. The lowest BCUT2D eigenvalue weighted by Gasteiger charge is -2.16. The lowest BCUT2D eigenvalue weighted by molar-refractivity contribution is -0.133. The number of aliphatic hydroxyl groups excluding tert-OH is 1. The molecule has 0 aromatic heterocycles. The molecule has 3 nitrogen and oxygen atoms in total. The largest absolute Gasteiger partial charge is 0.504 e. The van der Waals surface area contributed by atoms with Crippen molar-refractivity contribution in [3.63, 3.8) is 0 Å². The molecular formula is C23H22O3. The molecule has 132 valence electrons. The first kappa shape index (κ1) is 16.6. The van der Waals surface area contributed by atoms with Gasteiger partial charge < -0.3 is 9.84 Å². The zero-order valence-electron chi connectivity index (χ0n) is 14.6. The molecule has 1 heterocycles. The second kappa shape index (κ2) is 7.20. The van der Waals surface area contributed by atoms with E-state index in [-0.39, 0.29) is 11.7 Å². The second-order valence-electron chi connectivity index (χ2n) is 6.97. The van der Waals surface area contributed by atoms with Gasteiger partial charge in [0.05, 0.1) is 5.57 Å². The highest BCUT2D eigenvalue weighted by molar-refractivity contribution is 5.95. The molecule has 3 heteroatoms. The fraction of sp³-hybridized carbons (Fsp3) is 0.261. The zero-order chi connectivity index (χ0) is 17.9. The van der Waals surface area contributed by atoms with Gasteiger partial charge in [-0.05, 0) is 48.8 Å². The maximum atomic E-state index is 12.5. The molecule has 1 aliphatic heterocycles. The Morgan fingerprint density at radius 3 is 2.35 bits per heavy atom. The van der Waals surface area contributed by atoms with Crippen LogP contribution in [0, 0.1) is 5.92 Å². The number of carbonyl (C=O) groups excluding carboxylic acids is 1. The molecule has 0 amide bonds. The summed E-state index contributed by atoms with van der Waals surface area (Å²) in [4.78, 5) is 12.5. The molecule has 1 saturated carbocycles. The van der Waals surface area contributed by atoms with Gasteiger partial charge in [-0.3, -0.25) is 0 Å². The van der Waals surface area contributed by atoms with Gasteiger partial charge in [-0.25, -0.2) is 4.79 Å². The van der Waals surface area contributed by atoms with E-state index in [0.29, 0.717) is 23.7 Å². The number of cyclic esters (lactones) is 1. The predicted molar refractivity (Wildman–Crippen MR) is 100 cm³/mol. The van der Waals surface area contributed by atoms with Crippen molar-refractivity contribution in [2.45, 2.75) is 31.6 Å². The highest BCUT2D eigenvalue weighted by Crippen LogP contribution is 2.49. The maximum absolute atomic E-state index is 12.5. The van der Waals surface area contributed by atoms with Crippen molar-refractivity contribution in [2.75, 3.05) is 0 Å². The maximum Gasteiger partial charge on any atom is 0.344 e. The average molecular weight is 346 g/mol. The Morgan fingerprint density at radius 1 is 1.04 bits per heavy atom. The van der Waals surface area contributed by atoms with E-state index in [1.807, 2.05) is 54.6 Å². The summed E-state index contributed by atoms with van der Waals surface area (Å²) in [6.07, 6.45) is 5.54. The molecule has 1 atom stereocenters. The first-order valence-electron chi connectivity index (χ1n) is 9.19. The number of allylic oxidation sites excluding steroid dienone is 1. The molecular weight excluding hydrogens is 324 g/mol. The summed E-state index contributed by atoms with van der Waals surface area (Å²) in [6.45, 7) is 0. The molecule has 4 rings (SSSR count). The van der Waals surface area contributed by atoms with Crippen molar-refractivity contribution in [2.24, 2.45) is 5.92 Å². The van der Waals surface area contributed by atoms with Crippen LogP contribution in [0.2, 0.25) is 0 Å². The number of aryl methyl sites for hydroxylation is 1. The molecule has 1 N–H and O–H groups in total. The number of hydrogen-bond acceptors (Lipinski definition) is 3. The van der Waals surface area contributed by atoms with E-state index in [2.05, 4.69) is 12.1 Å². The highest BCUT2D eigenvalue weighted by atomic mass is 16.6. The summed E-state index contributed by atoms with van der Waals surface area (Å²) in [6, 6.07) is 20.1. The number of rotatable bonds is 6. The van der Waals surface area contributed by atoms with E-state index in [1.165, 1.54) is 5.56 Å². The highest BCUT2D eigenvalue weighted by Gasteiger charge is 2.43. The molecule has 1 aliphatic carbocycles. The minimum atomic E-state index is -0.408. The summed E-state index contributed by atoms with van der Waals surface area (Å²) in [5, 5.41) is 10.7. The second-order valence-corrected chi connectivity index (χ2v) is 6.97. The Balaban J connectivity index is 1.57. The first-order chi connectivity index (χ1) is 12.7. The number of esters is 1. The van der Waals surface area contributed by atoms with Crippen molar-refractivity contribution in [1.82, 2.24) is 0 Å². The van der Waals surface area contributed by atoms with Gasteiger partial charge in [-0.1, -0.05) is 60.7 Å². The van der Waals surface area contributed by atoms with E-state index in [4.69, 9.17) is 4.74 Å². The van der Waals surface area contributed by atoms with E-state index in [9.17, 15) is 9.90 Å². The smallest absolute Gasteiger partial charge is 0.344 e. The van der Waals surface area contributed by atoms with Crippen molar-refractivity contribution in [3.8, 4) is 0 Å². The number of hydrogen-bond donors (Lipinski definition) is 1. The Hall–Kier alpha value is -2.81. The van der Waals surface area contributed by atoms with Crippen LogP contribution in [0.25, 0.3) is 0 Å². The van der Waals surface area contributed by atoms with Crippen LogP contribution in [-0.2, 0) is 16.0 Å². The van der Waals surface area contributed by atoms with E-state index >= 15 is 0 Å². The normalized spacial score (nSPS) is 19.7. The number of carbonyl (C=O) groups is 1. The van der Waals surface area contributed by atoms with Crippen LogP contribution in [0.1, 0.15) is 36.3 Å². The fourth-order valence-corrected chi connectivity index (χ4v) is 3.62. The van der Waals surface area contributed by atoms with Crippen molar-refractivity contribution in [1.29, 1.82) is 0 Å².